The second-order valence-corrected chi connectivity index (χ2v) is 7.15. The molecule has 35 heavy (non-hydrogen) atoms. The van der Waals surface area contributed by atoms with Crippen molar-refractivity contribution >= 4 is 5.69 Å². The molecule has 0 heterocycles. The topological polar surface area (TPSA) is 32.7 Å². The van der Waals surface area contributed by atoms with Crippen molar-refractivity contribution in [2.75, 3.05) is 11.4 Å². The van der Waals surface area contributed by atoms with Crippen LogP contribution in [0.2, 0.25) is 0 Å². The first-order chi connectivity index (χ1) is 16.4. The van der Waals surface area contributed by atoms with Crippen LogP contribution in [-0.2, 0) is 12.7 Å². The summed E-state index contributed by atoms with van der Waals surface area (Å²) >= 11 is 0. The fourth-order valence-corrected chi connectivity index (χ4v) is 3.00. The molecule has 0 unspecified atom stereocenters. The number of benzene rings is 3. The Morgan fingerprint density at radius 2 is 1.46 bits per heavy atom. The first-order valence-electron chi connectivity index (χ1n) is 10.6. The highest BCUT2D eigenvalue weighted by molar-refractivity contribution is 5.52. The maximum atomic E-state index is 14.4. The molecule has 1 atom stereocenters. The predicted molar refractivity (Wildman–Crippen MR) is 119 cm³/mol. The average molecular weight is 503 g/mol. The Labute approximate surface area is 198 Å². The van der Waals surface area contributed by atoms with E-state index in [2.05, 4.69) is 0 Å². The van der Waals surface area contributed by atoms with Crippen LogP contribution in [0.1, 0.15) is 25.0 Å². The van der Waals surface area contributed by atoms with Crippen molar-refractivity contribution in [3.05, 3.63) is 89.7 Å². The Morgan fingerprint density at radius 1 is 0.829 bits per heavy atom. The fourth-order valence-electron chi connectivity index (χ4n) is 3.00. The molecular weight excluding hydrogens is 479 g/mol. The van der Waals surface area contributed by atoms with Gasteiger partial charge < -0.3 is 14.7 Å². The van der Waals surface area contributed by atoms with Gasteiger partial charge in [-0.25, -0.2) is 4.39 Å². The summed E-state index contributed by atoms with van der Waals surface area (Å²) in [5.74, 6) is -0.503. The van der Waals surface area contributed by atoms with Gasteiger partial charge in [0.2, 0.25) is 0 Å². The van der Waals surface area contributed by atoms with E-state index in [-0.39, 0.29) is 23.1 Å². The summed E-state index contributed by atoms with van der Waals surface area (Å²) < 4.78 is 97.4. The molecule has 10 heteroatoms. The molecule has 0 amide bonds. The van der Waals surface area contributed by atoms with E-state index in [1.54, 1.807) is 36.4 Å². The predicted octanol–water partition coefficient (Wildman–Crippen LogP) is 7.59. The molecule has 0 saturated carbocycles. The van der Waals surface area contributed by atoms with Gasteiger partial charge >= 0.3 is 12.4 Å². The van der Waals surface area contributed by atoms with Gasteiger partial charge in [-0.15, -0.1) is 0 Å². The Kier molecular flexibility index (Phi) is 9.53. The summed E-state index contributed by atoms with van der Waals surface area (Å²) in [6, 6.07) is 16.2. The standard InChI is InChI=1S/C23H18F7NO2.C2H6/c24-20-11-16(22(25,26)27)10-9-15(20)13-31(14-21(32)23(28,29)30)17-5-4-8-19(12-17)33-18-6-2-1-3-7-18;1-2/h1-12,21,32H,13-14H2;1-2H3/t21-;/m1./s1. The monoisotopic (exact) mass is 503 g/mol. The quantitative estimate of drug-likeness (QED) is 0.337. The molecule has 0 spiro atoms. The van der Waals surface area contributed by atoms with Crippen molar-refractivity contribution in [3.8, 4) is 11.5 Å². The van der Waals surface area contributed by atoms with Gasteiger partial charge in [-0.05, 0) is 36.4 Å². The van der Waals surface area contributed by atoms with E-state index >= 15 is 0 Å². The zero-order valence-corrected chi connectivity index (χ0v) is 18.9. The first kappa shape index (κ1) is 28.0. The summed E-state index contributed by atoms with van der Waals surface area (Å²) in [6.45, 7) is 2.50. The number of rotatable bonds is 7. The van der Waals surface area contributed by atoms with Crippen LogP contribution in [0.25, 0.3) is 0 Å². The molecule has 3 rings (SSSR count). The Balaban J connectivity index is 0.00000210. The number of nitrogens with zero attached hydrogens (tertiary/aromatic N) is 1. The van der Waals surface area contributed by atoms with Crippen molar-refractivity contribution in [2.45, 2.75) is 38.8 Å². The van der Waals surface area contributed by atoms with Crippen LogP contribution in [0.15, 0.2) is 72.8 Å². The van der Waals surface area contributed by atoms with E-state index < -0.39 is 42.9 Å². The minimum atomic E-state index is -4.95. The SMILES string of the molecule is CC.O[C@H](CN(Cc1ccc(C(F)(F)F)cc1F)c1cccc(Oc2ccccc2)c1)C(F)(F)F. The molecule has 190 valence electrons. The molecule has 0 aliphatic rings. The van der Waals surface area contributed by atoms with Crippen LogP contribution in [-0.4, -0.2) is 23.9 Å². The maximum Gasteiger partial charge on any atom is 0.416 e. The van der Waals surface area contributed by atoms with Gasteiger partial charge in [0.25, 0.3) is 0 Å². The van der Waals surface area contributed by atoms with Gasteiger partial charge in [-0.2, -0.15) is 26.3 Å². The molecule has 3 nitrogen and oxygen atoms in total. The highest BCUT2D eigenvalue weighted by Gasteiger charge is 2.39. The number of aliphatic hydroxyl groups is 1. The maximum absolute atomic E-state index is 14.4. The van der Waals surface area contributed by atoms with Crippen LogP contribution >= 0.6 is 0 Å². The van der Waals surface area contributed by atoms with E-state index in [4.69, 9.17) is 4.74 Å². The largest absolute Gasteiger partial charge is 0.457 e. The smallest absolute Gasteiger partial charge is 0.416 e. The van der Waals surface area contributed by atoms with E-state index in [1.165, 1.54) is 18.2 Å². The van der Waals surface area contributed by atoms with Gasteiger partial charge in [0.1, 0.15) is 17.3 Å². The lowest BCUT2D eigenvalue weighted by Crippen LogP contribution is -2.41. The average Bonchev–Trinajstić information content (AvgIpc) is 2.80. The second kappa shape index (κ2) is 11.9. The van der Waals surface area contributed by atoms with Gasteiger partial charge in [-0.3, -0.25) is 0 Å². The zero-order chi connectivity index (χ0) is 26.2. The van der Waals surface area contributed by atoms with Gasteiger partial charge in [0, 0.05) is 23.9 Å². The Hall–Kier alpha value is -3.27. The number of halogens is 7. The Bertz CT molecular complexity index is 1070. The van der Waals surface area contributed by atoms with Crippen LogP contribution < -0.4 is 9.64 Å². The number of para-hydroxylation sites is 1. The lowest BCUT2D eigenvalue weighted by atomic mass is 10.1. The van der Waals surface area contributed by atoms with E-state index in [0.717, 1.165) is 11.0 Å². The van der Waals surface area contributed by atoms with Crippen LogP contribution in [0.3, 0.4) is 0 Å². The molecular formula is C25H24F7NO2. The van der Waals surface area contributed by atoms with E-state index in [9.17, 15) is 35.8 Å². The van der Waals surface area contributed by atoms with Crippen molar-refractivity contribution in [2.24, 2.45) is 0 Å². The fraction of sp³-hybridized carbons (Fsp3) is 0.280. The van der Waals surface area contributed by atoms with Gasteiger partial charge in [0.15, 0.2) is 6.10 Å². The molecule has 0 radical (unpaired) electrons. The minimum absolute atomic E-state index is 0.144. The first-order valence-corrected chi connectivity index (χ1v) is 10.6. The lowest BCUT2D eigenvalue weighted by molar-refractivity contribution is -0.200. The Morgan fingerprint density at radius 3 is 2.03 bits per heavy atom. The summed E-state index contributed by atoms with van der Waals surface area (Å²) in [5, 5.41) is 9.58. The van der Waals surface area contributed by atoms with Crippen LogP contribution in [0, 0.1) is 5.82 Å². The molecule has 1 N–H and O–H groups in total. The third-order valence-electron chi connectivity index (χ3n) is 4.67. The molecule has 0 aliphatic carbocycles. The van der Waals surface area contributed by atoms with Crippen LogP contribution in [0.4, 0.5) is 36.4 Å². The normalized spacial score (nSPS) is 12.4. The summed E-state index contributed by atoms with van der Waals surface area (Å²) in [7, 11) is 0. The van der Waals surface area contributed by atoms with Gasteiger partial charge in [-0.1, -0.05) is 44.2 Å². The molecule has 0 aliphatic heterocycles. The molecule has 0 saturated heterocycles. The number of alkyl halides is 6. The number of hydrogen-bond acceptors (Lipinski definition) is 3. The summed E-state index contributed by atoms with van der Waals surface area (Å²) in [6.07, 6.45) is -12.5. The summed E-state index contributed by atoms with van der Waals surface area (Å²) in [4.78, 5) is 1.02. The highest BCUT2D eigenvalue weighted by Crippen LogP contribution is 2.32. The van der Waals surface area contributed by atoms with Crippen molar-refractivity contribution in [1.82, 2.24) is 0 Å². The lowest BCUT2D eigenvalue weighted by Gasteiger charge is -2.29. The third-order valence-corrected chi connectivity index (χ3v) is 4.67. The van der Waals surface area contributed by atoms with Crippen LogP contribution in [0.5, 0.6) is 11.5 Å². The molecule has 3 aromatic carbocycles. The number of aliphatic hydroxyl groups excluding tert-OH is 1. The number of ether oxygens (including phenoxy) is 1. The van der Waals surface area contributed by atoms with E-state index in [1.807, 2.05) is 13.8 Å². The molecule has 0 aromatic heterocycles. The third kappa shape index (κ3) is 8.17. The molecule has 3 aromatic rings. The van der Waals surface area contributed by atoms with Crippen molar-refractivity contribution in [3.63, 3.8) is 0 Å². The van der Waals surface area contributed by atoms with Crippen molar-refractivity contribution in [1.29, 1.82) is 0 Å². The zero-order valence-electron chi connectivity index (χ0n) is 18.9. The molecule has 0 bridgehead atoms. The van der Waals surface area contributed by atoms with Crippen molar-refractivity contribution < 1.29 is 40.6 Å². The number of anilines is 1. The van der Waals surface area contributed by atoms with Gasteiger partial charge in [0.05, 0.1) is 12.1 Å². The second-order valence-electron chi connectivity index (χ2n) is 7.15. The highest BCUT2D eigenvalue weighted by atomic mass is 19.4. The molecule has 0 fully saturated rings. The minimum Gasteiger partial charge on any atom is -0.457 e. The summed E-state index contributed by atoms with van der Waals surface area (Å²) in [5.41, 5.74) is -1.35. The van der Waals surface area contributed by atoms with E-state index in [0.29, 0.717) is 11.8 Å². The number of hydrogen-bond donors (Lipinski definition) is 1.